The van der Waals surface area contributed by atoms with Crippen molar-refractivity contribution >= 4 is 39.7 Å². The predicted molar refractivity (Wildman–Crippen MR) is 205 cm³/mol. The fourth-order valence-corrected chi connectivity index (χ4v) is 6.07. The number of rotatable bonds is 10. The fraction of sp³-hybridized carbons (Fsp3) is 0.293. The summed E-state index contributed by atoms with van der Waals surface area (Å²) in [5, 5.41) is 4.31. The summed E-state index contributed by atoms with van der Waals surface area (Å²) in [5.41, 5.74) is 16.2. The molecule has 0 aliphatic heterocycles. The molecule has 242 valence electrons. The normalized spacial score (nSPS) is 12.5. The highest BCUT2D eigenvalue weighted by molar-refractivity contribution is 6.00. The largest absolute Gasteiger partial charge is 0.405 e. The average Bonchev–Trinajstić information content (AvgIpc) is 3.64. The van der Waals surface area contributed by atoms with Gasteiger partial charge in [0.1, 0.15) is 0 Å². The lowest BCUT2D eigenvalue weighted by Crippen LogP contribution is -2.23. The van der Waals surface area contributed by atoms with E-state index in [0.717, 1.165) is 45.6 Å². The summed E-state index contributed by atoms with van der Waals surface area (Å²) in [5.74, 6) is 0.662. The Morgan fingerprint density at radius 2 is 1.63 bits per heavy atom. The molecule has 0 unspecified atom stereocenters. The second-order valence-corrected chi connectivity index (χ2v) is 11.5. The number of nitrogens with two attached hydrogens (primary N) is 1. The van der Waals surface area contributed by atoms with Crippen molar-refractivity contribution < 1.29 is 0 Å². The Kier molecular flexibility index (Phi) is 13.7. The van der Waals surface area contributed by atoms with Crippen LogP contribution in [0.1, 0.15) is 50.7 Å². The second-order valence-electron chi connectivity index (χ2n) is 11.5. The number of hydrogen-bond acceptors (Lipinski definition) is 5. The molecule has 5 rings (SSSR count). The van der Waals surface area contributed by atoms with Gasteiger partial charge in [-0.2, -0.15) is 0 Å². The van der Waals surface area contributed by atoms with E-state index >= 15 is 0 Å². The highest BCUT2D eigenvalue weighted by Gasteiger charge is 2.20. The molecule has 0 atom stereocenters. The minimum atomic E-state index is 0.662. The molecular weight excluding hydrogens is 562 g/mol. The van der Waals surface area contributed by atoms with E-state index < -0.39 is 0 Å². The Hall–Kier alpha value is -4.77. The van der Waals surface area contributed by atoms with Crippen molar-refractivity contribution in [2.75, 3.05) is 42.8 Å². The lowest BCUT2D eigenvalue weighted by atomic mass is 9.98. The summed E-state index contributed by atoms with van der Waals surface area (Å²) in [7, 11) is 6.29. The Morgan fingerprint density at radius 1 is 0.978 bits per heavy atom. The van der Waals surface area contributed by atoms with E-state index in [-0.39, 0.29) is 0 Å². The molecule has 5 nitrogen and oxygen atoms in total. The van der Waals surface area contributed by atoms with Crippen molar-refractivity contribution in [1.82, 2.24) is 4.98 Å². The zero-order chi connectivity index (χ0) is 33.6. The van der Waals surface area contributed by atoms with Crippen LogP contribution in [0.25, 0.3) is 28.1 Å². The SMILES string of the molecule is C=C/C=C\c1cnc2ccc(-c3ccc(NC)cc3)cc2c1N(C)c1ccc(C)c(N(C)CC(=C)C2CCCC2)c1.C=CN.CC. The van der Waals surface area contributed by atoms with Crippen molar-refractivity contribution in [2.24, 2.45) is 11.7 Å². The minimum Gasteiger partial charge on any atom is -0.405 e. The van der Waals surface area contributed by atoms with Crippen LogP contribution in [0.4, 0.5) is 22.7 Å². The van der Waals surface area contributed by atoms with E-state index in [1.807, 2.05) is 39.2 Å². The highest BCUT2D eigenvalue weighted by atomic mass is 15.1. The number of hydrogen-bond donors (Lipinski definition) is 2. The van der Waals surface area contributed by atoms with Crippen LogP contribution in [-0.4, -0.2) is 32.7 Å². The molecule has 4 aromatic rings. The second kappa shape index (κ2) is 17.6. The summed E-state index contributed by atoms with van der Waals surface area (Å²) in [6.45, 7) is 18.6. The van der Waals surface area contributed by atoms with Crippen LogP contribution in [0.15, 0.2) is 111 Å². The van der Waals surface area contributed by atoms with Crippen LogP contribution in [0.5, 0.6) is 0 Å². The lowest BCUT2D eigenvalue weighted by molar-refractivity contribution is 0.627. The molecule has 5 heteroatoms. The van der Waals surface area contributed by atoms with Gasteiger partial charge < -0.3 is 20.9 Å². The first kappa shape index (κ1) is 35.7. The zero-order valence-corrected chi connectivity index (χ0v) is 28.8. The van der Waals surface area contributed by atoms with E-state index in [1.165, 1.54) is 54.3 Å². The zero-order valence-electron chi connectivity index (χ0n) is 28.8. The first-order valence-corrected chi connectivity index (χ1v) is 16.4. The Bertz CT molecular complexity index is 1630. The number of aryl methyl sites for hydroxylation is 1. The highest BCUT2D eigenvalue weighted by Crippen LogP contribution is 2.39. The van der Waals surface area contributed by atoms with Gasteiger partial charge in [0, 0.05) is 61.9 Å². The molecule has 46 heavy (non-hydrogen) atoms. The third kappa shape index (κ3) is 8.69. The number of fused-ring (bicyclic) bond motifs is 1. The molecule has 1 aromatic heterocycles. The van der Waals surface area contributed by atoms with Crippen molar-refractivity contribution in [1.29, 1.82) is 0 Å². The van der Waals surface area contributed by atoms with Crippen LogP contribution < -0.4 is 20.9 Å². The number of anilines is 4. The van der Waals surface area contributed by atoms with Crippen molar-refractivity contribution in [3.05, 3.63) is 122 Å². The molecule has 0 bridgehead atoms. The quantitative estimate of drug-likeness (QED) is 0.137. The number of nitrogens with one attached hydrogen (secondary N) is 1. The van der Waals surface area contributed by atoms with E-state index in [1.54, 1.807) is 0 Å². The predicted octanol–water partition coefficient (Wildman–Crippen LogP) is 10.5. The van der Waals surface area contributed by atoms with E-state index in [4.69, 9.17) is 4.98 Å². The summed E-state index contributed by atoms with van der Waals surface area (Å²) >= 11 is 0. The summed E-state index contributed by atoms with van der Waals surface area (Å²) in [4.78, 5) is 9.48. The molecule has 1 aliphatic rings. The number of aromatic nitrogens is 1. The molecule has 0 spiro atoms. The van der Waals surface area contributed by atoms with Crippen molar-refractivity contribution in [3.8, 4) is 11.1 Å². The Labute approximate surface area is 277 Å². The van der Waals surface area contributed by atoms with E-state index in [0.29, 0.717) is 5.92 Å². The van der Waals surface area contributed by atoms with Gasteiger partial charge in [-0.3, -0.25) is 4.98 Å². The van der Waals surface area contributed by atoms with Gasteiger partial charge in [0.25, 0.3) is 0 Å². The van der Waals surface area contributed by atoms with Gasteiger partial charge in [0.05, 0.1) is 11.2 Å². The lowest BCUT2D eigenvalue weighted by Gasteiger charge is -2.28. The Balaban J connectivity index is 0.00000109. The Morgan fingerprint density at radius 3 is 2.26 bits per heavy atom. The van der Waals surface area contributed by atoms with Crippen molar-refractivity contribution in [2.45, 2.75) is 46.5 Å². The van der Waals surface area contributed by atoms with E-state index in [2.05, 4.69) is 128 Å². The van der Waals surface area contributed by atoms with E-state index in [9.17, 15) is 0 Å². The summed E-state index contributed by atoms with van der Waals surface area (Å²) in [6, 6.07) is 21.8. The van der Waals surface area contributed by atoms with Gasteiger partial charge in [-0.05, 0) is 85.0 Å². The molecule has 0 radical (unpaired) electrons. The number of allylic oxidation sites excluding steroid dienone is 2. The van der Waals surface area contributed by atoms with Gasteiger partial charge in [0.15, 0.2) is 0 Å². The molecule has 3 N–H and O–H groups in total. The number of nitrogens with zero attached hydrogens (tertiary/aromatic N) is 3. The third-order valence-corrected chi connectivity index (χ3v) is 8.49. The molecule has 0 amide bonds. The molecule has 1 fully saturated rings. The molecule has 0 saturated heterocycles. The van der Waals surface area contributed by atoms with Gasteiger partial charge in [0.2, 0.25) is 0 Å². The first-order chi connectivity index (χ1) is 22.3. The average molecular weight is 616 g/mol. The van der Waals surface area contributed by atoms with Gasteiger partial charge >= 0.3 is 0 Å². The molecule has 1 aliphatic carbocycles. The van der Waals surface area contributed by atoms with Gasteiger partial charge in [-0.15, -0.1) is 0 Å². The molecule has 1 saturated carbocycles. The number of benzene rings is 3. The first-order valence-electron chi connectivity index (χ1n) is 16.4. The minimum absolute atomic E-state index is 0.662. The van der Waals surface area contributed by atoms with Crippen LogP contribution >= 0.6 is 0 Å². The standard InChI is InChI=1S/C37H42N4.C2H5N.C2H6/c1-7-8-11-31-24-39-35-21-17-30(29-15-18-32(38-4)19-16-29)22-34(35)37(31)41(6)33-20-14-26(2)36(23-33)40(5)25-27(3)28-12-9-10-13-28;1-2-3;1-2/h7-8,11,14-24,28,38H,1,3,9-10,12-13,25H2,2,4-6H3;2H,1,3H2;1-2H3/b11-8-;;. The number of pyridine rings is 1. The van der Waals surface area contributed by atoms with Crippen LogP contribution in [0.3, 0.4) is 0 Å². The maximum absolute atomic E-state index is 4.82. The van der Waals surface area contributed by atoms with Crippen LogP contribution in [-0.2, 0) is 0 Å². The topological polar surface area (TPSA) is 57.4 Å². The van der Waals surface area contributed by atoms with Crippen LogP contribution in [0, 0.1) is 12.8 Å². The molecule has 3 aromatic carbocycles. The third-order valence-electron chi connectivity index (χ3n) is 8.49. The van der Waals surface area contributed by atoms with Gasteiger partial charge in [-0.1, -0.05) is 94.5 Å². The summed E-state index contributed by atoms with van der Waals surface area (Å²) < 4.78 is 0. The fourth-order valence-electron chi connectivity index (χ4n) is 6.07. The monoisotopic (exact) mass is 615 g/mol. The van der Waals surface area contributed by atoms with Crippen LogP contribution in [0.2, 0.25) is 0 Å². The van der Waals surface area contributed by atoms with Gasteiger partial charge in [-0.25, -0.2) is 0 Å². The maximum Gasteiger partial charge on any atom is 0.0723 e. The summed E-state index contributed by atoms with van der Waals surface area (Å²) in [6.07, 6.45) is 14.3. The molecular formula is C41H53N5. The smallest absolute Gasteiger partial charge is 0.0723 e. The number of likely N-dealkylation sites (N-methyl/N-ethyl adjacent to an activating group) is 1. The maximum atomic E-state index is 4.82. The van der Waals surface area contributed by atoms with Crippen molar-refractivity contribution in [3.63, 3.8) is 0 Å². The molecule has 1 heterocycles.